The lowest BCUT2D eigenvalue weighted by Crippen LogP contribution is -2.38. The Morgan fingerprint density at radius 2 is 1.79 bits per heavy atom. The van der Waals surface area contributed by atoms with Crippen LogP contribution in [0, 0.1) is 11.7 Å². The van der Waals surface area contributed by atoms with Crippen LogP contribution >= 0.6 is 0 Å². The lowest BCUT2D eigenvalue weighted by Gasteiger charge is -2.33. The molecule has 0 spiro atoms. The van der Waals surface area contributed by atoms with Crippen LogP contribution < -0.4 is 5.32 Å². The number of hydrogen-bond acceptors (Lipinski definition) is 4. The Morgan fingerprint density at radius 1 is 1.13 bits per heavy atom. The molecule has 39 heavy (non-hydrogen) atoms. The molecule has 0 radical (unpaired) electrons. The number of imidazole rings is 1. The van der Waals surface area contributed by atoms with Gasteiger partial charge in [-0.25, -0.2) is 22.9 Å². The fraction of sp³-hybridized carbons (Fsp3) is 0.423. The van der Waals surface area contributed by atoms with Gasteiger partial charge < -0.3 is 20.1 Å². The summed E-state index contributed by atoms with van der Waals surface area (Å²) in [5, 5.41) is 11.9. The third kappa shape index (κ3) is 7.01. The van der Waals surface area contributed by atoms with Crippen LogP contribution in [0.1, 0.15) is 61.0 Å². The minimum absolute atomic E-state index is 0.00802. The summed E-state index contributed by atoms with van der Waals surface area (Å²) >= 11 is 0. The van der Waals surface area contributed by atoms with Crippen LogP contribution in [0.2, 0.25) is 0 Å². The van der Waals surface area contributed by atoms with Crippen molar-refractivity contribution in [2.75, 3.05) is 0 Å². The number of amides is 1. The number of hydrogen-bond donors (Lipinski definition) is 3. The second-order valence-corrected chi connectivity index (χ2v) is 9.57. The van der Waals surface area contributed by atoms with E-state index in [0.29, 0.717) is 5.56 Å². The molecule has 0 bridgehead atoms. The van der Waals surface area contributed by atoms with E-state index in [2.05, 4.69) is 15.3 Å². The minimum Gasteiger partial charge on any atom is -0.481 e. The van der Waals surface area contributed by atoms with Crippen molar-refractivity contribution < 1.29 is 45.8 Å². The molecular formula is C26H25F6N3O4. The highest BCUT2D eigenvalue weighted by atomic mass is 19.4. The molecule has 1 saturated carbocycles. The van der Waals surface area contributed by atoms with Crippen LogP contribution in [0.4, 0.5) is 31.1 Å². The van der Waals surface area contributed by atoms with E-state index in [9.17, 15) is 36.6 Å². The number of carbonyl (C=O) groups excluding carboxylic acids is 1. The normalized spacial score (nSPS) is 17.5. The Hall–Kier alpha value is -3.77. The number of aromatic nitrogens is 2. The van der Waals surface area contributed by atoms with Crippen LogP contribution in [-0.2, 0) is 16.1 Å². The molecular weight excluding hydrogens is 532 g/mol. The van der Waals surface area contributed by atoms with Crippen molar-refractivity contribution in [1.29, 1.82) is 0 Å². The number of ether oxygens (including phenoxy) is 1. The second kappa shape index (κ2) is 11.1. The highest BCUT2D eigenvalue weighted by Gasteiger charge is 2.41. The van der Waals surface area contributed by atoms with Gasteiger partial charge in [-0.15, -0.1) is 0 Å². The molecule has 1 aliphatic rings. The third-order valence-electron chi connectivity index (χ3n) is 6.76. The van der Waals surface area contributed by atoms with Crippen molar-refractivity contribution >= 4 is 23.1 Å². The third-order valence-corrected chi connectivity index (χ3v) is 6.76. The molecule has 2 atom stereocenters. The molecule has 13 heteroatoms. The summed E-state index contributed by atoms with van der Waals surface area (Å²) in [7, 11) is 0. The Kier molecular flexibility index (Phi) is 8.07. The Bertz CT molecular complexity index is 1320. The van der Waals surface area contributed by atoms with Gasteiger partial charge in [-0.05, 0) is 30.4 Å². The van der Waals surface area contributed by atoms with Crippen molar-refractivity contribution in [3.8, 4) is 0 Å². The first-order valence-electron chi connectivity index (χ1n) is 12.2. The number of carboxylic acids is 1. The monoisotopic (exact) mass is 557 g/mol. The van der Waals surface area contributed by atoms with E-state index in [-0.39, 0.29) is 30.8 Å². The summed E-state index contributed by atoms with van der Waals surface area (Å²) in [6.07, 6.45) is -8.38. The van der Waals surface area contributed by atoms with Crippen LogP contribution in [0.3, 0.4) is 0 Å². The number of carbonyl (C=O) groups is 2. The van der Waals surface area contributed by atoms with Crippen molar-refractivity contribution in [3.63, 3.8) is 0 Å². The fourth-order valence-electron chi connectivity index (χ4n) is 4.75. The van der Waals surface area contributed by atoms with E-state index in [0.717, 1.165) is 6.07 Å². The molecule has 1 heterocycles. The number of benzene rings is 2. The first-order valence-corrected chi connectivity index (χ1v) is 12.2. The Morgan fingerprint density at radius 3 is 2.41 bits per heavy atom. The maximum atomic E-state index is 15.3. The number of halogens is 6. The van der Waals surface area contributed by atoms with Crippen molar-refractivity contribution in [2.45, 2.75) is 62.8 Å². The number of rotatable bonds is 8. The summed E-state index contributed by atoms with van der Waals surface area (Å²) in [5.74, 6) is -8.73. The van der Waals surface area contributed by atoms with E-state index in [1.54, 1.807) is 30.3 Å². The molecule has 4 rings (SSSR count). The zero-order valence-corrected chi connectivity index (χ0v) is 20.4. The quantitative estimate of drug-likeness (QED) is 0.270. The van der Waals surface area contributed by atoms with E-state index in [1.165, 1.54) is 6.07 Å². The molecule has 1 aromatic heterocycles. The SMILES string of the molecule is O=C(N[C@H](c1nc2c(F)c([C@H](CC(F)(F)F)C(=O)O)ccc2[nH]1)C1CCC(F)(F)CC1)OCc1ccccc1. The topological polar surface area (TPSA) is 104 Å². The molecule has 210 valence electrons. The van der Waals surface area contributed by atoms with Gasteiger partial charge in [0.1, 0.15) is 17.9 Å². The average molecular weight is 557 g/mol. The standard InChI is InChI=1S/C26H25F6N3O4/c27-19-16(17(23(36)37)12-26(30,31)32)6-7-18-21(19)34-22(33-18)20(15-8-10-25(28,29)11-9-15)35-24(38)39-13-14-4-2-1-3-5-14/h1-7,15,17,20H,8-13H2,(H,33,34)(H,35,38)(H,36,37)/t17-,20-/m0/s1. The van der Waals surface area contributed by atoms with Crippen LogP contribution in [0.15, 0.2) is 42.5 Å². The number of nitrogens with one attached hydrogen (secondary N) is 2. The van der Waals surface area contributed by atoms with Gasteiger partial charge in [0, 0.05) is 18.4 Å². The van der Waals surface area contributed by atoms with Crippen molar-refractivity contribution in [1.82, 2.24) is 15.3 Å². The predicted molar refractivity (Wildman–Crippen MR) is 127 cm³/mol. The van der Waals surface area contributed by atoms with Gasteiger partial charge in [0.15, 0.2) is 5.82 Å². The van der Waals surface area contributed by atoms with Crippen LogP contribution in [0.5, 0.6) is 0 Å². The van der Waals surface area contributed by atoms with E-state index in [4.69, 9.17) is 4.74 Å². The highest BCUT2D eigenvalue weighted by molar-refractivity contribution is 5.82. The summed E-state index contributed by atoms with van der Waals surface area (Å²) in [5.41, 5.74) is -0.393. The van der Waals surface area contributed by atoms with E-state index < -0.39 is 78.2 Å². The van der Waals surface area contributed by atoms with E-state index in [1.807, 2.05) is 0 Å². The lowest BCUT2D eigenvalue weighted by molar-refractivity contribution is -0.157. The van der Waals surface area contributed by atoms with Crippen LogP contribution in [-0.4, -0.2) is 39.2 Å². The first kappa shape index (κ1) is 28.2. The number of aromatic amines is 1. The summed E-state index contributed by atoms with van der Waals surface area (Å²) in [6, 6.07) is 9.87. The molecule has 0 saturated heterocycles. The van der Waals surface area contributed by atoms with Gasteiger partial charge in [0.25, 0.3) is 0 Å². The largest absolute Gasteiger partial charge is 0.481 e. The van der Waals surface area contributed by atoms with Crippen LogP contribution in [0.25, 0.3) is 11.0 Å². The lowest BCUT2D eigenvalue weighted by atomic mass is 9.82. The zero-order valence-electron chi connectivity index (χ0n) is 20.4. The van der Waals surface area contributed by atoms with Gasteiger partial charge in [-0.3, -0.25) is 4.79 Å². The fourth-order valence-corrected chi connectivity index (χ4v) is 4.75. The molecule has 0 aliphatic heterocycles. The highest BCUT2D eigenvalue weighted by Crippen LogP contribution is 2.42. The summed E-state index contributed by atoms with van der Waals surface area (Å²) in [6.45, 7) is -0.0734. The van der Waals surface area contributed by atoms with Gasteiger partial charge in [-0.1, -0.05) is 36.4 Å². The zero-order chi connectivity index (χ0) is 28.4. The number of H-pyrrole nitrogens is 1. The maximum Gasteiger partial charge on any atom is 0.408 e. The molecule has 1 amide bonds. The molecule has 2 aromatic carbocycles. The smallest absolute Gasteiger partial charge is 0.408 e. The Labute approximate surface area is 218 Å². The minimum atomic E-state index is -4.86. The maximum absolute atomic E-state index is 15.3. The number of alkyl halides is 5. The predicted octanol–water partition coefficient (Wildman–Crippen LogP) is 6.62. The Balaban J connectivity index is 1.63. The van der Waals surface area contributed by atoms with Gasteiger partial charge in [-0.2, -0.15) is 13.2 Å². The van der Waals surface area contributed by atoms with Gasteiger partial charge in [0.05, 0.1) is 23.9 Å². The number of carboxylic acid groups (broad SMARTS) is 1. The molecule has 1 fully saturated rings. The molecule has 0 unspecified atom stereocenters. The summed E-state index contributed by atoms with van der Waals surface area (Å²) < 4.78 is 87.1. The summed E-state index contributed by atoms with van der Waals surface area (Å²) in [4.78, 5) is 31.1. The molecule has 1 aliphatic carbocycles. The number of fused-ring (bicyclic) bond motifs is 1. The number of aliphatic carboxylic acids is 1. The molecule has 3 N–H and O–H groups in total. The van der Waals surface area contributed by atoms with E-state index >= 15 is 4.39 Å². The average Bonchev–Trinajstić information content (AvgIpc) is 3.30. The number of alkyl carbamates (subject to hydrolysis) is 1. The second-order valence-electron chi connectivity index (χ2n) is 9.57. The molecule has 7 nitrogen and oxygen atoms in total. The molecule has 3 aromatic rings. The van der Waals surface area contributed by atoms with Gasteiger partial charge >= 0.3 is 18.2 Å². The van der Waals surface area contributed by atoms with Crippen molar-refractivity contribution in [3.05, 3.63) is 65.2 Å². The number of nitrogens with zero attached hydrogens (tertiary/aromatic N) is 1. The van der Waals surface area contributed by atoms with Gasteiger partial charge in [0.2, 0.25) is 5.92 Å². The first-order chi connectivity index (χ1) is 18.3. The van der Waals surface area contributed by atoms with Crippen molar-refractivity contribution in [2.24, 2.45) is 5.92 Å².